The molecule has 260 valence electrons. The standard InChI is InChI=1S/C46H50N4O/c1-9-39-44(32-15-12-11-13-16-32)40(10-2)50(48-39)34-17-14-18-35(29-34)51-36-20-21-37-38-27-31(23-25-45(3,4)5)19-22-41(38)49(42(37)30-36)43-28-33(24-26-47-43)46(6,7)8/h11-22,24,26-30H,9-10,23,25H2,1-8H3. The van der Waals surface area contributed by atoms with E-state index in [1.54, 1.807) is 0 Å². The maximum atomic E-state index is 6.66. The van der Waals surface area contributed by atoms with Crippen molar-refractivity contribution in [3.8, 4) is 34.1 Å². The molecule has 7 aromatic rings. The Balaban J connectivity index is 1.31. The minimum absolute atomic E-state index is 0.00182. The number of hydrogen-bond donors (Lipinski definition) is 0. The van der Waals surface area contributed by atoms with Crippen LogP contribution >= 0.6 is 0 Å². The number of hydrogen-bond acceptors (Lipinski definition) is 3. The Morgan fingerprint density at radius 1 is 0.686 bits per heavy atom. The molecule has 0 aliphatic heterocycles. The van der Waals surface area contributed by atoms with Crippen LogP contribution in [0.5, 0.6) is 11.5 Å². The number of ether oxygens (including phenoxy) is 1. The zero-order valence-electron chi connectivity index (χ0n) is 31.4. The third kappa shape index (κ3) is 6.95. The number of aromatic nitrogens is 4. The maximum Gasteiger partial charge on any atom is 0.137 e. The quantitative estimate of drug-likeness (QED) is 0.153. The monoisotopic (exact) mass is 674 g/mol. The molecule has 3 aromatic heterocycles. The maximum absolute atomic E-state index is 6.66. The van der Waals surface area contributed by atoms with Crippen LogP contribution in [0.15, 0.2) is 109 Å². The SMILES string of the molecule is CCc1nn(-c2cccc(Oc3ccc4c5cc(CCC(C)(C)C)ccc5n(-c5cc(C(C)(C)C)ccn5)c4c3)c2)c(CC)c1-c1ccccc1. The topological polar surface area (TPSA) is 44.9 Å². The molecule has 3 heterocycles. The van der Waals surface area contributed by atoms with E-state index in [2.05, 4.69) is 162 Å². The molecule has 5 heteroatoms. The average molecular weight is 675 g/mol. The highest BCUT2D eigenvalue weighted by Gasteiger charge is 2.21. The molecule has 0 amide bonds. The summed E-state index contributed by atoms with van der Waals surface area (Å²) in [5.74, 6) is 2.46. The van der Waals surface area contributed by atoms with Gasteiger partial charge in [0.25, 0.3) is 0 Å². The zero-order valence-corrected chi connectivity index (χ0v) is 31.4. The average Bonchev–Trinajstić information content (AvgIpc) is 3.66. The molecule has 0 N–H and O–H groups in total. The summed E-state index contributed by atoms with van der Waals surface area (Å²) in [6.45, 7) is 18.1. The highest BCUT2D eigenvalue weighted by Crippen LogP contribution is 2.38. The summed E-state index contributed by atoms with van der Waals surface area (Å²) in [6, 6.07) is 36.6. The van der Waals surface area contributed by atoms with Gasteiger partial charge >= 0.3 is 0 Å². The van der Waals surface area contributed by atoms with Crippen LogP contribution < -0.4 is 4.74 Å². The molecule has 0 spiro atoms. The van der Waals surface area contributed by atoms with Gasteiger partial charge < -0.3 is 4.74 Å². The molecular formula is C46H50N4O. The van der Waals surface area contributed by atoms with Crippen molar-refractivity contribution in [1.29, 1.82) is 0 Å². The Morgan fingerprint density at radius 3 is 2.20 bits per heavy atom. The smallest absolute Gasteiger partial charge is 0.137 e. The predicted molar refractivity (Wildman–Crippen MR) is 213 cm³/mol. The van der Waals surface area contributed by atoms with Crippen molar-refractivity contribution >= 4 is 21.8 Å². The highest BCUT2D eigenvalue weighted by molar-refractivity contribution is 6.09. The van der Waals surface area contributed by atoms with E-state index in [-0.39, 0.29) is 10.8 Å². The van der Waals surface area contributed by atoms with E-state index in [0.717, 1.165) is 65.4 Å². The molecule has 0 fully saturated rings. The Hall–Kier alpha value is -5.16. The Kier molecular flexibility index (Phi) is 9.09. The van der Waals surface area contributed by atoms with Crippen molar-refractivity contribution in [3.05, 3.63) is 132 Å². The van der Waals surface area contributed by atoms with Gasteiger partial charge in [0.1, 0.15) is 17.3 Å². The van der Waals surface area contributed by atoms with E-state index in [9.17, 15) is 0 Å². The molecule has 0 radical (unpaired) electrons. The molecule has 0 atom stereocenters. The molecule has 0 saturated carbocycles. The molecular weight excluding hydrogens is 625 g/mol. The molecule has 0 saturated heterocycles. The summed E-state index contributed by atoms with van der Waals surface area (Å²) in [4.78, 5) is 4.91. The van der Waals surface area contributed by atoms with Crippen molar-refractivity contribution in [2.75, 3.05) is 0 Å². The number of fused-ring (bicyclic) bond motifs is 3. The Labute approximate surface area is 302 Å². The summed E-state index contributed by atoms with van der Waals surface area (Å²) >= 11 is 0. The number of pyridine rings is 1. The highest BCUT2D eigenvalue weighted by atomic mass is 16.5. The van der Waals surface area contributed by atoms with Crippen LogP contribution in [-0.2, 0) is 24.7 Å². The number of benzene rings is 4. The van der Waals surface area contributed by atoms with Gasteiger partial charge in [-0.2, -0.15) is 5.10 Å². The third-order valence-electron chi connectivity index (χ3n) is 9.89. The van der Waals surface area contributed by atoms with Gasteiger partial charge in [-0.05, 0) is 102 Å². The van der Waals surface area contributed by atoms with Gasteiger partial charge in [-0.3, -0.25) is 4.57 Å². The minimum atomic E-state index is 0.00182. The van der Waals surface area contributed by atoms with E-state index >= 15 is 0 Å². The number of aryl methyl sites for hydroxylation is 2. The van der Waals surface area contributed by atoms with Crippen molar-refractivity contribution in [2.24, 2.45) is 5.41 Å². The molecule has 0 unspecified atom stereocenters. The van der Waals surface area contributed by atoms with Crippen LogP contribution in [0.25, 0.3) is 44.4 Å². The van der Waals surface area contributed by atoms with E-state index < -0.39 is 0 Å². The van der Waals surface area contributed by atoms with E-state index in [0.29, 0.717) is 0 Å². The van der Waals surface area contributed by atoms with Gasteiger partial charge in [-0.15, -0.1) is 0 Å². The Morgan fingerprint density at radius 2 is 1.47 bits per heavy atom. The fourth-order valence-electron chi connectivity index (χ4n) is 7.08. The van der Waals surface area contributed by atoms with Gasteiger partial charge in [0, 0.05) is 34.7 Å². The van der Waals surface area contributed by atoms with Crippen LogP contribution in [0.1, 0.15) is 84.3 Å². The minimum Gasteiger partial charge on any atom is -0.457 e. The van der Waals surface area contributed by atoms with Gasteiger partial charge in [0.05, 0.1) is 28.1 Å². The normalized spacial score (nSPS) is 12.2. The first kappa shape index (κ1) is 34.3. The predicted octanol–water partition coefficient (Wildman–Crippen LogP) is 12.2. The fraction of sp³-hybridized carbons (Fsp3) is 0.304. The lowest BCUT2D eigenvalue weighted by Gasteiger charge is -2.20. The third-order valence-corrected chi connectivity index (χ3v) is 9.89. The zero-order chi connectivity index (χ0) is 35.9. The second-order valence-corrected chi connectivity index (χ2v) is 15.9. The van der Waals surface area contributed by atoms with Crippen LogP contribution in [0.4, 0.5) is 0 Å². The van der Waals surface area contributed by atoms with Crippen LogP contribution in [0.3, 0.4) is 0 Å². The summed E-state index contributed by atoms with van der Waals surface area (Å²) in [5.41, 5.74) is 10.8. The van der Waals surface area contributed by atoms with Crippen LogP contribution in [0.2, 0.25) is 0 Å². The van der Waals surface area contributed by atoms with Gasteiger partial charge in [-0.1, -0.05) is 97.9 Å². The molecule has 7 rings (SSSR count). The molecule has 0 aliphatic rings. The van der Waals surface area contributed by atoms with E-state index in [4.69, 9.17) is 14.8 Å². The van der Waals surface area contributed by atoms with Crippen molar-refractivity contribution < 1.29 is 4.74 Å². The first-order valence-corrected chi connectivity index (χ1v) is 18.4. The van der Waals surface area contributed by atoms with Crippen molar-refractivity contribution in [3.63, 3.8) is 0 Å². The molecule has 5 nitrogen and oxygen atoms in total. The number of rotatable bonds is 9. The number of nitrogens with zero attached hydrogens (tertiary/aromatic N) is 4. The van der Waals surface area contributed by atoms with Gasteiger partial charge in [-0.25, -0.2) is 9.67 Å². The summed E-state index contributed by atoms with van der Waals surface area (Å²) in [6.07, 6.45) is 5.84. The van der Waals surface area contributed by atoms with E-state index in [1.165, 1.54) is 38.7 Å². The molecule has 51 heavy (non-hydrogen) atoms. The second-order valence-electron chi connectivity index (χ2n) is 15.9. The molecule has 4 aromatic carbocycles. The first-order chi connectivity index (χ1) is 24.4. The fourth-order valence-corrected chi connectivity index (χ4v) is 7.08. The Bertz CT molecular complexity index is 2330. The van der Waals surface area contributed by atoms with Crippen LogP contribution in [0, 0.1) is 5.41 Å². The lowest BCUT2D eigenvalue weighted by Crippen LogP contribution is -2.12. The summed E-state index contributed by atoms with van der Waals surface area (Å²) in [7, 11) is 0. The lowest BCUT2D eigenvalue weighted by molar-refractivity contribution is 0.378. The van der Waals surface area contributed by atoms with Gasteiger partial charge in [0.2, 0.25) is 0 Å². The molecule has 0 bridgehead atoms. The van der Waals surface area contributed by atoms with Gasteiger partial charge in [0.15, 0.2) is 0 Å². The summed E-state index contributed by atoms with van der Waals surface area (Å²) < 4.78 is 11.1. The summed E-state index contributed by atoms with van der Waals surface area (Å²) in [5, 5.41) is 7.54. The first-order valence-electron chi connectivity index (χ1n) is 18.4. The van der Waals surface area contributed by atoms with Crippen molar-refractivity contribution in [1.82, 2.24) is 19.3 Å². The van der Waals surface area contributed by atoms with Crippen LogP contribution in [-0.4, -0.2) is 19.3 Å². The van der Waals surface area contributed by atoms with Crippen molar-refractivity contribution in [2.45, 2.75) is 86.5 Å². The lowest BCUT2D eigenvalue weighted by atomic mass is 9.88. The second kappa shape index (κ2) is 13.5. The largest absolute Gasteiger partial charge is 0.457 e. The van der Waals surface area contributed by atoms with E-state index in [1.807, 2.05) is 12.3 Å². The molecule has 0 aliphatic carbocycles.